The van der Waals surface area contributed by atoms with Crippen LogP contribution in [0.1, 0.15) is 26.2 Å². The molecule has 45 valence electrons. The molecule has 1 saturated carbocycles. The molecule has 1 aliphatic carbocycles. The quantitative estimate of drug-likeness (QED) is 0.488. The summed E-state index contributed by atoms with van der Waals surface area (Å²) in [7, 11) is 0. The van der Waals surface area contributed by atoms with Gasteiger partial charge >= 0.3 is 0 Å². The van der Waals surface area contributed by atoms with Crippen LogP contribution < -0.4 is 0 Å². The SMILES string of the molecule is CCC=CCC1[CH]C1. The second-order valence-electron chi connectivity index (χ2n) is 2.35. The summed E-state index contributed by atoms with van der Waals surface area (Å²) >= 11 is 0. The smallest absolute Gasteiger partial charge is 0.0319 e. The van der Waals surface area contributed by atoms with Gasteiger partial charge in [-0.2, -0.15) is 0 Å². The van der Waals surface area contributed by atoms with Crippen LogP contribution in [-0.2, 0) is 0 Å². The van der Waals surface area contributed by atoms with Gasteiger partial charge in [0.25, 0.3) is 0 Å². The van der Waals surface area contributed by atoms with Gasteiger partial charge in [0.1, 0.15) is 0 Å². The first-order valence-electron chi connectivity index (χ1n) is 3.42. The molecular weight excluding hydrogens is 96.1 g/mol. The molecule has 1 atom stereocenters. The van der Waals surface area contributed by atoms with E-state index in [9.17, 15) is 0 Å². The van der Waals surface area contributed by atoms with E-state index in [1.165, 1.54) is 19.3 Å². The summed E-state index contributed by atoms with van der Waals surface area (Å²) in [5, 5.41) is 0. The molecule has 1 fully saturated rings. The molecule has 0 aromatic heterocycles. The average molecular weight is 109 g/mol. The highest BCUT2D eigenvalue weighted by Crippen LogP contribution is 2.30. The van der Waals surface area contributed by atoms with Gasteiger partial charge in [-0.1, -0.05) is 19.1 Å². The summed E-state index contributed by atoms with van der Waals surface area (Å²) in [4.78, 5) is 0. The molecule has 0 N–H and O–H groups in total. The summed E-state index contributed by atoms with van der Waals surface area (Å²) in [6, 6.07) is 0. The summed E-state index contributed by atoms with van der Waals surface area (Å²) in [6.07, 6.45) is 10.7. The first-order chi connectivity index (χ1) is 3.93. The Labute approximate surface area is 51.6 Å². The Morgan fingerprint density at radius 1 is 1.62 bits per heavy atom. The van der Waals surface area contributed by atoms with Crippen LogP contribution in [0.4, 0.5) is 0 Å². The molecule has 0 amide bonds. The van der Waals surface area contributed by atoms with E-state index in [4.69, 9.17) is 0 Å². The molecule has 0 bridgehead atoms. The first-order valence-corrected chi connectivity index (χ1v) is 3.42. The zero-order chi connectivity index (χ0) is 5.82. The molecule has 1 unspecified atom stereocenters. The van der Waals surface area contributed by atoms with E-state index < -0.39 is 0 Å². The third kappa shape index (κ3) is 2.15. The summed E-state index contributed by atoms with van der Waals surface area (Å²) < 4.78 is 0. The predicted octanol–water partition coefficient (Wildman–Crippen LogP) is 2.57. The standard InChI is InChI=1S/C8H13/c1-2-3-4-5-8-6-7-8/h3-4,6,8H,2,5,7H2,1H3. The van der Waals surface area contributed by atoms with Crippen molar-refractivity contribution in [3.8, 4) is 0 Å². The van der Waals surface area contributed by atoms with Gasteiger partial charge in [0.15, 0.2) is 0 Å². The van der Waals surface area contributed by atoms with Crippen molar-refractivity contribution in [3.05, 3.63) is 18.6 Å². The van der Waals surface area contributed by atoms with E-state index in [0.717, 1.165) is 5.92 Å². The lowest BCUT2D eigenvalue weighted by atomic mass is 10.2. The van der Waals surface area contributed by atoms with Crippen molar-refractivity contribution in [1.82, 2.24) is 0 Å². The van der Waals surface area contributed by atoms with Crippen molar-refractivity contribution in [2.75, 3.05) is 0 Å². The van der Waals surface area contributed by atoms with Crippen molar-refractivity contribution < 1.29 is 0 Å². The van der Waals surface area contributed by atoms with Gasteiger partial charge in [0.2, 0.25) is 0 Å². The number of hydrogen-bond donors (Lipinski definition) is 0. The van der Waals surface area contributed by atoms with Crippen molar-refractivity contribution in [2.24, 2.45) is 5.92 Å². The largest absolute Gasteiger partial charge is 0.0888 e. The molecule has 0 spiro atoms. The molecule has 0 heteroatoms. The minimum atomic E-state index is 0.942. The Balaban J connectivity index is 1.93. The summed E-state index contributed by atoms with van der Waals surface area (Å²) in [6.45, 7) is 2.17. The molecular formula is C8H13. The normalized spacial score (nSPS) is 20.1. The first kappa shape index (κ1) is 5.87. The Morgan fingerprint density at radius 2 is 2.38 bits per heavy atom. The fourth-order valence-corrected chi connectivity index (χ4v) is 0.726. The maximum atomic E-state index is 2.36. The maximum absolute atomic E-state index is 2.36. The van der Waals surface area contributed by atoms with Crippen LogP contribution in [0.3, 0.4) is 0 Å². The second-order valence-corrected chi connectivity index (χ2v) is 2.35. The van der Waals surface area contributed by atoms with Crippen molar-refractivity contribution in [3.63, 3.8) is 0 Å². The van der Waals surface area contributed by atoms with E-state index in [2.05, 4.69) is 25.5 Å². The molecule has 0 saturated heterocycles. The minimum absolute atomic E-state index is 0.942. The third-order valence-electron chi connectivity index (χ3n) is 1.41. The molecule has 0 aromatic rings. The number of rotatable bonds is 3. The van der Waals surface area contributed by atoms with Gasteiger partial charge in [-0.15, -0.1) is 0 Å². The van der Waals surface area contributed by atoms with Crippen LogP contribution in [0.25, 0.3) is 0 Å². The minimum Gasteiger partial charge on any atom is -0.0888 e. The highest BCUT2D eigenvalue weighted by atomic mass is 14.2. The predicted molar refractivity (Wildman–Crippen MR) is 36.5 cm³/mol. The summed E-state index contributed by atoms with van der Waals surface area (Å²) in [5.41, 5.74) is 0. The Kier molecular flexibility index (Phi) is 2.13. The van der Waals surface area contributed by atoms with Crippen LogP contribution in [0, 0.1) is 12.3 Å². The molecule has 8 heavy (non-hydrogen) atoms. The molecule has 1 radical (unpaired) electrons. The van der Waals surface area contributed by atoms with Gasteiger partial charge in [0.05, 0.1) is 0 Å². The fraction of sp³-hybridized carbons (Fsp3) is 0.625. The van der Waals surface area contributed by atoms with Gasteiger partial charge in [-0.25, -0.2) is 0 Å². The third-order valence-corrected chi connectivity index (χ3v) is 1.41. The maximum Gasteiger partial charge on any atom is -0.0319 e. The highest BCUT2D eigenvalue weighted by Gasteiger charge is 2.19. The van der Waals surface area contributed by atoms with E-state index in [0.29, 0.717) is 0 Å². The van der Waals surface area contributed by atoms with Crippen molar-refractivity contribution in [2.45, 2.75) is 26.2 Å². The zero-order valence-electron chi connectivity index (χ0n) is 5.43. The molecule has 1 rings (SSSR count). The van der Waals surface area contributed by atoms with Crippen LogP contribution in [-0.4, -0.2) is 0 Å². The van der Waals surface area contributed by atoms with E-state index in [-0.39, 0.29) is 0 Å². The van der Waals surface area contributed by atoms with Gasteiger partial charge in [0, 0.05) is 0 Å². The fourth-order valence-electron chi connectivity index (χ4n) is 0.726. The van der Waals surface area contributed by atoms with Crippen LogP contribution in [0.2, 0.25) is 0 Å². The molecule has 0 aliphatic heterocycles. The molecule has 0 nitrogen and oxygen atoms in total. The van der Waals surface area contributed by atoms with Gasteiger partial charge in [-0.3, -0.25) is 0 Å². The van der Waals surface area contributed by atoms with E-state index >= 15 is 0 Å². The van der Waals surface area contributed by atoms with Crippen LogP contribution in [0.15, 0.2) is 12.2 Å². The molecule has 0 aromatic carbocycles. The highest BCUT2D eigenvalue weighted by molar-refractivity contribution is 4.99. The van der Waals surface area contributed by atoms with Gasteiger partial charge < -0.3 is 0 Å². The van der Waals surface area contributed by atoms with Crippen molar-refractivity contribution >= 4 is 0 Å². The van der Waals surface area contributed by atoms with Crippen molar-refractivity contribution in [1.29, 1.82) is 0 Å². The Bertz CT molecular complexity index is 78.0. The second kappa shape index (κ2) is 2.91. The van der Waals surface area contributed by atoms with Crippen LogP contribution >= 0.6 is 0 Å². The monoisotopic (exact) mass is 109 g/mol. The van der Waals surface area contributed by atoms with E-state index in [1.54, 1.807) is 0 Å². The Hall–Kier alpha value is -0.260. The number of allylic oxidation sites excluding steroid dienone is 2. The summed E-state index contributed by atoms with van der Waals surface area (Å²) in [5.74, 6) is 0.942. The zero-order valence-corrected chi connectivity index (χ0v) is 5.43. The average Bonchev–Trinajstić information content (AvgIpc) is 2.51. The van der Waals surface area contributed by atoms with Gasteiger partial charge in [-0.05, 0) is 31.6 Å². The van der Waals surface area contributed by atoms with Crippen LogP contribution in [0.5, 0.6) is 0 Å². The lowest BCUT2D eigenvalue weighted by Gasteiger charge is -1.82. The van der Waals surface area contributed by atoms with E-state index in [1.807, 2.05) is 0 Å². The number of hydrogen-bond acceptors (Lipinski definition) is 0. The molecule has 1 aliphatic rings. The lowest BCUT2D eigenvalue weighted by Crippen LogP contribution is -1.66. The topological polar surface area (TPSA) is 0 Å². The lowest BCUT2D eigenvalue weighted by molar-refractivity contribution is 0.887. The molecule has 0 heterocycles. The Morgan fingerprint density at radius 3 is 2.88 bits per heavy atom.